The summed E-state index contributed by atoms with van der Waals surface area (Å²) in [5.74, 6) is -0.372. The van der Waals surface area contributed by atoms with Crippen molar-refractivity contribution in [1.82, 2.24) is 0 Å². The lowest BCUT2D eigenvalue weighted by atomic mass is 10.0. The van der Waals surface area contributed by atoms with Crippen molar-refractivity contribution >= 4 is 39.3 Å². The quantitative estimate of drug-likeness (QED) is 0.448. The van der Waals surface area contributed by atoms with Crippen LogP contribution in [0, 0.1) is 5.41 Å². The van der Waals surface area contributed by atoms with Gasteiger partial charge in [-0.2, -0.15) is 0 Å². The van der Waals surface area contributed by atoms with E-state index in [4.69, 9.17) is 11.1 Å². The molecule has 3 aromatic carbocycles. The van der Waals surface area contributed by atoms with Gasteiger partial charge in [-0.1, -0.05) is 78.9 Å². The van der Waals surface area contributed by atoms with Crippen molar-refractivity contribution < 1.29 is 4.79 Å². The molecule has 30 heavy (non-hydrogen) atoms. The first-order chi connectivity index (χ1) is 14.6. The van der Waals surface area contributed by atoms with Crippen LogP contribution in [0.15, 0.2) is 94.9 Å². The molecule has 0 fully saturated rings. The first kappa shape index (κ1) is 19.6. The molecule has 0 saturated carbocycles. The van der Waals surface area contributed by atoms with Crippen LogP contribution in [-0.4, -0.2) is 28.0 Å². The third-order valence-corrected chi connectivity index (χ3v) is 5.22. The van der Waals surface area contributed by atoms with E-state index < -0.39 is 6.17 Å². The molecule has 1 unspecified atom stereocenters. The number of benzene rings is 3. The predicted molar refractivity (Wildman–Crippen MR) is 123 cm³/mol. The number of nitrogens with two attached hydrogens (primary N) is 1. The maximum Gasteiger partial charge on any atom is 0.271 e. The third-order valence-electron chi connectivity index (χ3n) is 4.47. The molecular formula is C23H19N5OS. The standard InChI is InChI=1S/C23H19N5OS/c24-20(16-11-5-2-6-12-16)30-23(25)28-21-22(29)26-18-14-8-7-13-17(18)19(27-21)15-9-3-1-4-10-15/h1-14,21,24H,(H2,25,28)(H,26,29). The van der Waals surface area contributed by atoms with E-state index in [9.17, 15) is 4.79 Å². The van der Waals surface area contributed by atoms with Gasteiger partial charge in [-0.15, -0.1) is 0 Å². The molecule has 4 N–H and O–H groups in total. The molecule has 0 aromatic heterocycles. The fourth-order valence-corrected chi connectivity index (χ4v) is 3.68. The number of amidine groups is 1. The number of nitrogens with zero attached hydrogens (tertiary/aromatic N) is 2. The molecule has 1 atom stereocenters. The Hall–Kier alpha value is -3.71. The van der Waals surface area contributed by atoms with Gasteiger partial charge in [-0.3, -0.25) is 10.2 Å². The minimum absolute atomic E-state index is 0.103. The van der Waals surface area contributed by atoms with Gasteiger partial charge in [0.2, 0.25) is 6.17 Å². The van der Waals surface area contributed by atoms with Gasteiger partial charge >= 0.3 is 0 Å². The van der Waals surface area contributed by atoms with Crippen molar-refractivity contribution in [2.24, 2.45) is 15.7 Å². The Balaban J connectivity index is 1.68. The van der Waals surface area contributed by atoms with Crippen molar-refractivity contribution in [1.29, 1.82) is 5.41 Å². The van der Waals surface area contributed by atoms with E-state index in [0.717, 1.165) is 28.5 Å². The molecule has 7 heteroatoms. The number of benzodiazepines with no additional fused rings is 1. The van der Waals surface area contributed by atoms with Crippen molar-refractivity contribution in [3.05, 3.63) is 102 Å². The van der Waals surface area contributed by atoms with Crippen LogP contribution in [0.25, 0.3) is 0 Å². The van der Waals surface area contributed by atoms with Crippen LogP contribution < -0.4 is 11.1 Å². The van der Waals surface area contributed by atoms with E-state index in [1.807, 2.05) is 84.9 Å². The summed E-state index contributed by atoms with van der Waals surface area (Å²) < 4.78 is 0. The van der Waals surface area contributed by atoms with Gasteiger partial charge in [0.1, 0.15) is 5.04 Å². The third kappa shape index (κ3) is 4.31. The minimum atomic E-state index is -1.05. The van der Waals surface area contributed by atoms with E-state index in [1.54, 1.807) is 0 Å². The lowest BCUT2D eigenvalue weighted by Gasteiger charge is -2.09. The SMILES string of the molecule is N=C(S/C(N)=N/C1N=C(c2ccccc2)c2ccccc2NC1=O)c1ccccc1. The zero-order valence-corrected chi connectivity index (χ0v) is 16.8. The zero-order valence-electron chi connectivity index (χ0n) is 15.9. The second kappa shape index (κ2) is 8.75. The summed E-state index contributed by atoms with van der Waals surface area (Å²) >= 11 is 0.998. The van der Waals surface area contributed by atoms with Crippen molar-refractivity contribution in [2.45, 2.75) is 6.17 Å². The number of para-hydroxylation sites is 1. The predicted octanol–water partition coefficient (Wildman–Crippen LogP) is 3.88. The summed E-state index contributed by atoms with van der Waals surface area (Å²) in [4.78, 5) is 21.8. The average molecular weight is 414 g/mol. The average Bonchev–Trinajstić information content (AvgIpc) is 2.91. The van der Waals surface area contributed by atoms with E-state index in [-0.39, 0.29) is 16.1 Å². The van der Waals surface area contributed by atoms with Crippen molar-refractivity contribution in [3.8, 4) is 0 Å². The molecule has 0 saturated heterocycles. The molecule has 0 bridgehead atoms. The lowest BCUT2D eigenvalue weighted by molar-refractivity contribution is -0.117. The molecule has 3 aromatic rings. The molecule has 0 spiro atoms. The van der Waals surface area contributed by atoms with Gasteiger partial charge in [-0.25, -0.2) is 9.98 Å². The number of rotatable bonds is 3. The second-order valence-electron chi connectivity index (χ2n) is 6.52. The van der Waals surface area contributed by atoms with E-state index in [1.165, 1.54) is 0 Å². The Bertz CT molecular complexity index is 1140. The number of anilines is 1. The number of nitrogens with one attached hydrogen (secondary N) is 2. The highest BCUT2D eigenvalue weighted by molar-refractivity contribution is 8.26. The number of hydrogen-bond acceptors (Lipinski definition) is 5. The summed E-state index contributed by atoms with van der Waals surface area (Å²) in [6.07, 6.45) is -1.05. The Morgan fingerprint density at radius 2 is 1.60 bits per heavy atom. The van der Waals surface area contributed by atoms with Gasteiger partial charge in [0.15, 0.2) is 5.17 Å². The van der Waals surface area contributed by atoms with Crippen molar-refractivity contribution in [3.63, 3.8) is 0 Å². The molecule has 1 heterocycles. The van der Waals surface area contributed by atoms with E-state index >= 15 is 0 Å². The van der Waals surface area contributed by atoms with Gasteiger partial charge in [0.25, 0.3) is 5.91 Å². The zero-order chi connectivity index (χ0) is 20.9. The summed E-state index contributed by atoms with van der Waals surface area (Å²) in [6.45, 7) is 0. The number of hydrogen-bond donors (Lipinski definition) is 3. The maximum absolute atomic E-state index is 12.8. The highest BCUT2D eigenvalue weighted by atomic mass is 32.2. The van der Waals surface area contributed by atoms with Gasteiger partial charge in [0.05, 0.1) is 11.4 Å². The molecule has 1 amide bonds. The molecule has 0 aliphatic carbocycles. The monoisotopic (exact) mass is 413 g/mol. The van der Waals surface area contributed by atoms with Gasteiger partial charge in [0, 0.05) is 16.7 Å². The number of amides is 1. The van der Waals surface area contributed by atoms with Gasteiger partial charge in [-0.05, 0) is 17.8 Å². The summed E-state index contributed by atoms with van der Waals surface area (Å²) in [5, 5.41) is 11.5. The number of fused-ring (bicyclic) bond motifs is 1. The summed E-state index contributed by atoms with van der Waals surface area (Å²) in [6, 6.07) is 26.4. The smallest absolute Gasteiger partial charge is 0.271 e. The molecule has 0 radical (unpaired) electrons. The summed E-state index contributed by atoms with van der Waals surface area (Å²) in [5.41, 5.74) is 9.83. The van der Waals surface area contributed by atoms with E-state index in [2.05, 4.69) is 15.3 Å². The maximum atomic E-state index is 12.8. The van der Waals surface area contributed by atoms with Crippen LogP contribution in [0.5, 0.6) is 0 Å². The molecule has 1 aliphatic heterocycles. The van der Waals surface area contributed by atoms with Crippen LogP contribution in [0.2, 0.25) is 0 Å². The Morgan fingerprint density at radius 1 is 0.967 bits per heavy atom. The Morgan fingerprint density at radius 3 is 2.33 bits per heavy atom. The van der Waals surface area contributed by atoms with Crippen LogP contribution in [0.3, 0.4) is 0 Å². The highest BCUT2D eigenvalue weighted by Crippen LogP contribution is 2.25. The largest absolute Gasteiger partial charge is 0.378 e. The molecule has 148 valence electrons. The molecule has 4 rings (SSSR count). The number of carbonyl (C=O) groups is 1. The highest BCUT2D eigenvalue weighted by Gasteiger charge is 2.25. The summed E-state index contributed by atoms with van der Waals surface area (Å²) in [7, 11) is 0. The second-order valence-corrected chi connectivity index (χ2v) is 7.55. The number of carbonyl (C=O) groups excluding carboxylic acids is 1. The minimum Gasteiger partial charge on any atom is -0.378 e. The molecule has 6 nitrogen and oxygen atoms in total. The fourth-order valence-electron chi connectivity index (χ4n) is 3.06. The Labute approximate surface area is 178 Å². The number of aliphatic imine (C=N–C) groups is 2. The van der Waals surface area contributed by atoms with Gasteiger partial charge < -0.3 is 11.1 Å². The van der Waals surface area contributed by atoms with Crippen LogP contribution in [0.1, 0.15) is 16.7 Å². The van der Waals surface area contributed by atoms with Crippen molar-refractivity contribution in [2.75, 3.05) is 5.32 Å². The molecular weight excluding hydrogens is 394 g/mol. The molecule has 1 aliphatic rings. The van der Waals surface area contributed by atoms with Crippen LogP contribution in [-0.2, 0) is 4.79 Å². The van der Waals surface area contributed by atoms with E-state index in [0.29, 0.717) is 11.4 Å². The first-order valence-corrected chi connectivity index (χ1v) is 10.1. The number of thioether (sulfide) groups is 1. The fraction of sp³-hybridized carbons (Fsp3) is 0.0435. The normalized spacial score (nSPS) is 16.1. The lowest BCUT2D eigenvalue weighted by Crippen LogP contribution is -2.26. The first-order valence-electron chi connectivity index (χ1n) is 9.30. The van der Waals surface area contributed by atoms with Crippen LogP contribution in [0.4, 0.5) is 5.69 Å². The Kier molecular flexibility index (Phi) is 5.72. The van der Waals surface area contributed by atoms with Crippen LogP contribution >= 0.6 is 11.8 Å². The topological polar surface area (TPSA) is 104 Å².